The van der Waals surface area contributed by atoms with E-state index in [1.54, 1.807) is 14.0 Å². The van der Waals surface area contributed by atoms with Crippen molar-refractivity contribution in [2.45, 2.75) is 31.3 Å². The molecule has 0 spiro atoms. The van der Waals surface area contributed by atoms with Crippen LogP contribution in [0, 0.1) is 6.92 Å². The van der Waals surface area contributed by atoms with Crippen LogP contribution in [0.5, 0.6) is 0 Å². The summed E-state index contributed by atoms with van der Waals surface area (Å²) in [5.74, 6) is 0. The third-order valence-electron chi connectivity index (χ3n) is 3.18. The van der Waals surface area contributed by atoms with Crippen LogP contribution in [0.25, 0.3) is 0 Å². The number of hydrogen-bond donors (Lipinski definition) is 2. The SMILES string of the molecule is CNCc1n[nH]c(C)c1S(=O)(=O)N1CCOCC1C. The third kappa shape index (κ3) is 2.66. The van der Waals surface area contributed by atoms with Crippen molar-refractivity contribution in [3.63, 3.8) is 0 Å². The Balaban J connectivity index is 2.41. The van der Waals surface area contributed by atoms with E-state index in [9.17, 15) is 8.42 Å². The molecule has 108 valence electrons. The van der Waals surface area contributed by atoms with E-state index in [4.69, 9.17) is 4.74 Å². The number of H-pyrrole nitrogens is 1. The van der Waals surface area contributed by atoms with Gasteiger partial charge in [-0.3, -0.25) is 5.10 Å². The summed E-state index contributed by atoms with van der Waals surface area (Å²) < 4.78 is 32.3. The van der Waals surface area contributed by atoms with Gasteiger partial charge < -0.3 is 10.1 Å². The molecule has 1 aromatic heterocycles. The Kier molecular flexibility index (Phi) is 4.24. The fourth-order valence-corrected chi connectivity index (χ4v) is 4.22. The molecule has 0 amide bonds. The van der Waals surface area contributed by atoms with Gasteiger partial charge in [0.2, 0.25) is 10.0 Å². The van der Waals surface area contributed by atoms with Gasteiger partial charge in [-0.1, -0.05) is 0 Å². The van der Waals surface area contributed by atoms with Gasteiger partial charge in [0.1, 0.15) is 4.90 Å². The van der Waals surface area contributed by atoms with Gasteiger partial charge in [-0.15, -0.1) is 0 Å². The molecular formula is C11H20N4O3S. The minimum atomic E-state index is -3.53. The van der Waals surface area contributed by atoms with E-state index < -0.39 is 10.0 Å². The highest BCUT2D eigenvalue weighted by molar-refractivity contribution is 7.89. The second-order valence-corrected chi connectivity index (χ2v) is 6.52. The second kappa shape index (κ2) is 5.58. The number of sulfonamides is 1. The lowest BCUT2D eigenvalue weighted by molar-refractivity contribution is 0.0392. The quantitative estimate of drug-likeness (QED) is 0.804. The lowest BCUT2D eigenvalue weighted by Crippen LogP contribution is -2.47. The zero-order chi connectivity index (χ0) is 14.0. The lowest BCUT2D eigenvalue weighted by Gasteiger charge is -2.32. The number of aryl methyl sites for hydroxylation is 1. The van der Waals surface area contributed by atoms with Crippen molar-refractivity contribution in [1.82, 2.24) is 19.8 Å². The maximum atomic E-state index is 12.8. The maximum absolute atomic E-state index is 12.8. The number of ether oxygens (including phenoxy) is 1. The summed E-state index contributed by atoms with van der Waals surface area (Å²) in [5.41, 5.74) is 1.10. The molecule has 0 saturated carbocycles. The van der Waals surface area contributed by atoms with Crippen LogP contribution in [0.2, 0.25) is 0 Å². The molecule has 0 bridgehead atoms. The first kappa shape index (κ1) is 14.4. The van der Waals surface area contributed by atoms with Crippen LogP contribution in [-0.2, 0) is 21.3 Å². The first-order chi connectivity index (χ1) is 8.98. The van der Waals surface area contributed by atoms with E-state index in [-0.39, 0.29) is 10.9 Å². The van der Waals surface area contributed by atoms with Crippen molar-refractivity contribution in [3.8, 4) is 0 Å². The van der Waals surface area contributed by atoms with Crippen LogP contribution in [0.3, 0.4) is 0 Å². The van der Waals surface area contributed by atoms with E-state index in [2.05, 4.69) is 15.5 Å². The van der Waals surface area contributed by atoms with Gasteiger partial charge in [0, 0.05) is 19.1 Å². The Morgan fingerprint density at radius 2 is 2.32 bits per heavy atom. The fourth-order valence-electron chi connectivity index (χ4n) is 2.29. The number of aromatic amines is 1. The van der Waals surface area contributed by atoms with Crippen molar-refractivity contribution in [1.29, 1.82) is 0 Å². The van der Waals surface area contributed by atoms with Crippen LogP contribution in [0.1, 0.15) is 18.3 Å². The monoisotopic (exact) mass is 288 g/mol. The van der Waals surface area contributed by atoms with Crippen molar-refractivity contribution in [2.24, 2.45) is 0 Å². The fraction of sp³-hybridized carbons (Fsp3) is 0.727. The molecule has 0 aliphatic carbocycles. The molecule has 8 heteroatoms. The molecule has 0 aromatic carbocycles. The van der Waals surface area contributed by atoms with Gasteiger partial charge in [-0.25, -0.2) is 8.42 Å². The molecule has 1 atom stereocenters. The third-order valence-corrected chi connectivity index (χ3v) is 5.40. The molecule has 1 saturated heterocycles. The average molecular weight is 288 g/mol. The van der Waals surface area contributed by atoms with E-state index in [0.29, 0.717) is 37.7 Å². The summed E-state index contributed by atoms with van der Waals surface area (Å²) in [6.07, 6.45) is 0. The topological polar surface area (TPSA) is 87.3 Å². The van der Waals surface area contributed by atoms with Crippen molar-refractivity contribution < 1.29 is 13.2 Å². The molecular weight excluding hydrogens is 268 g/mol. The van der Waals surface area contributed by atoms with Gasteiger partial charge in [0.05, 0.1) is 24.6 Å². The molecule has 2 N–H and O–H groups in total. The molecule has 1 fully saturated rings. The zero-order valence-corrected chi connectivity index (χ0v) is 12.2. The van der Waals surface area contributed by atoms with Crippen molar-refractivity contribution in [2.75, 3.05) is 26.8 Å². The van der Waals surface area contributed by atoms with Crippen LogP contribution in [0.15, 0.2) is 4.90 Å². The van der Waals surface area contributed by atoms with Crippen LogP contribution in [-0.4, -0.2) is 55.8 Å². The predicted octanol–water partition coefficient (Wildman–Crippen LogP) is -0.153. The molecule has 2 rings (SSSR count). The van der Waals surface area contributed by atoms with Gasteiger partial charge in [-0.2, -0.15) is 9.40 Å². The van der Waals surface area contributed by atoms with E-state index >= 15 is 0 Å². The Morgan fingerprint density at radius 1 is 1.58 bits per heavy atom. The Labute approximate surface area is 113 Å². The highest BCUT2D eigenvalue weighted by Gasteiger charge is 2.35. The zero-order valence-electron chi connectivity index (χ0n) is 11.4. The van der Waals surface area contributed by atoms with Crippen LogP contribution >= 0.6 is 0 Å². The summed E-state index contributed by atoms with van der Waals surface area (Å²) in [5, 5.41) is 9.76. The number of morpholine rings is 1. The second-order valence-electron chi connectivity index (χ2n) is 4.69. The van der Waals surface area contributed by atoms with Crippen LogP contribution in [0.4, 0.5) is 0 Å². The first-order valence-electron chi connectivity index (χ1n) is 6.26. The van der Waals surface area contributed by atoms with E-state index in [1.807, 2.05) is 6.92 Å². The average Bonchev–Trinajstić information content (AvgIpc) is 2.72. The summed E-state index contributed by atoms with van der Waals surface area (Å²) in [4.78, 5) is 0.288. The first-order valence-corrected chi connectivity index (χ1v) is 7.70. The summed E-state index contributed by atoms with van der Waals surface area (Å²) >= 11 is 0. The summed E-state index contributed by atoms with van der Waals surface area (Å²) in [6.45, 7) is 5.23. The van der Waals surface area contributed by atoms with Crippen molar-refractivity contribution in [3.05, 3.63) is 11.4 Å². The largest absolute Gasteiger partial charge is 0.378 e. The number of rotatable bonds is 4. The van der Waals surface area contributed by atoms with Gasteiger partial charge >= 0.3 is 0 Å². The van der Waals surface area contributed by atoms with E-state index in [1.165, 1.54) is 4.31 Å². The van der Waals surface area contributed by atoms with Gasteiger partial charge in [0.25, 0.3) is 0 Å². The van der Waals surface area contributed by atoms with Crippen LogP contribution < -0.4 is 5.32 Å². The Bertz CT molecular complexity index is 540. The van der Waals surface area contributed by atoms with Crippen molar-refractivity contribution >= 4 is 10.0 Å². The molecule has 1 aromatic rings. The number of nitrogens with zero attached hydrogens (tertiary/aromatic N) is 2. The standard InChI is InChI=1S/C11H20N4O3S/c1-8-7-18-5-4-15(8)19(16,17)11-9(2)13-14-10(11)6-12-3/h8,12H,4-7H2,1-3H3,(H,13,14). The van der Waals surface area contributed by atoms with Gasteiger partial charge in [0.15, 0.2) is 0 Å². The number of nitrogens with one attached hydrogen (secondary N) is 2. The summed E-state index contributed by atoms with van der Waals surface area (Å²) in [7, 11) is -1.77. The molecule has 19 heavy (non-hydrogen) atoms. The Morgan fingerprint density at radius 3 is 2.95 bits per heavy atom. The minimum absolute atomic E-state index is 0.157. The normalized spacial score (nSPS) is 21.7. The smallest absolute Gasteiger partial charge is 0.247 e. The molecule has 1 unspecified atom stereocenters. The Hall–Kier alpha value is -0.960. The highest BCUT2D eigenvalue weighted by Crippen LogP contribution is 2.25. The molecule has 1 aliphatic heterocycles. The molecule has 0 radical (unpaired) electrons. The molecule has 7 nitrogen and oxygen atoms in total. The minimum Gasteiger partial charge on any atom is -0.378 e. The predicted molar refractivity (Wildman–Crippen MR) is 70.3 cm³/mol. The highest BCUT2D eigenvalue weighted by atomic mass is 32.2. The number of hydrogen-bond acceptors (Lipinski definition) is 5. The molecule has 2 heterocycles. The van der Waals surface area contributed by atoms with E-state index in [0.717, 1.165) is 0 Å². The summed E-state index contributed by atoms with van der Waals surface area (Å²) in [6, 6.07) is -0.157. The molecule has 1 aliphatic rings. The van der Waals surface area contributed by atoms with Gasteiger partial charge in [-0.05, 0) is 20.9 Å². The maximum Gasteiger partial charge on any atom is 0.247 e. The number of aromatic nitrogens is 2. The lowest BCUT2D eigenvalue weighted by atomic mass is 10.3.